The molecule has 1 aromatic carbocycles. The smallest absolute Gasteiger partial charge is 0.235 e. The Labute approximate surface area is 127 Å². The number of rotatable bonds is 6. The van der Waals surface area contributed by atoms with E-state index in [4.69, 9.17) is 0 Å². The molecule has 2 N–H and O–H groups in total. The van der Waals surface area contributed by atoms with Gasteiger partial charge in [-0.1, -0.05) is 31.4 Å². The van der Waals surface area contributed by atoms with E-state index in [2.05, 4.69) is 10.0 Å². The van der Waals surface area contributed by atoms with Crippen molar-refractivity contribution in [2.45, 2.75) is 62.8 Å². The van der Waals surface area contributed by atoms with Crippen LogP contribution in [0, 0.1) is 0 Å². The van der Waals surface area contributed by atoms with Crippen LogP contribution in [0.1, 0.15) is 50.5 Å². The van der Waals surface area contributed by atoms with Gasteiger partial charge >= 0.3 is 0 Å². The van der Waals surface area contributed by atoms with Crippen LogP contribution in [0.4, 0.5) is 5.69 Å². The van der Waals surface area contributed by atoms with Crippen molar-refractivity contribution in [3.63, 3.8) is 0 Å². The van der Waals surface area contributed by atoms with Crippen LogP contribution < -0.4 is 10.0 Å². The average molecular weight is 308 g/mol. The average Bonchev–Trinajstić information content (AvgIpc) is 3.31. The SMILES string of the molecule is O=S(=O)(Nc1ccc(CNC2CC2)cc1)C1CCCCC1. The molecular formula is C16H24N2O2S. The highest BCUT2D eigenvalue weighted by Gasteiger charge is 2.27. The standard InChI is InChI=1S/C16H24N2O2S/c19-21(20,16-4-2-1-3-5-16)18-15-8-6-13(7-9-15)12-17-14-10-11-14/h6-9,14,16-18H,1-5,10-12H2. The third kappa shape index (κ3) is 4.20. The quantitative estimate of drug-likeness (QED) is 0.849. The maximum atomic E-state index is 12.3. The summed E-state index contributed by atoms with van der Waals surface area (Å²) in [5.41, 5.74) is 1.87. The molecule has 0 bridgehead atoms. The molecule has 3 rings (SSSR count). The van der Waals surface area contributed by atoms with Crippen molar-refractivity contribution < 1.29 is 8.42 Å². The summed E-state index contributed by atoms with van der Waals surface area (Å²) < 4.78 is 27.4. The van der Waals surface area contributed by atoms with Gasteiger partial charge in [-0.3, -0.25) is 4.72 Å². The topological polar surface area (TPSA) is 58.2 Å². The molecule has 0 heterocycles. The summed E-state index contributed by atoms with van der Waals surface area (Å²) in [6, 6.07) is 8.41. The first-order valence-corrected chi connectivity index (χ1v) is 9.52. The Kier molecular flexibility index (Phi) is 4.50. The molecule has 4 nitrogen and oxygen atoms in total. The van der Waals surface area contributed by atoms with E-state index in [-0.39, 0.29) is 5.25 Å². The zero-order chi connectivity index (χ0) is 14.7. The second-order valence-corrected chi connectivity index (χ2v) is 8.22. The fraction of sp³-hybridized carbons (Fsp3) is 0.625. The number of benzene rings is 1. The third-order valence-corrected chi connectivity index (χ3v) is 6.25. The normalized spacial score (nSPS) is 20.4. The highest BCUT2D eigenvalue weighted by Crippen LogP contribution is 2.25. The summed E-state index contributed by atoms with van der Waals surface area (Å²) in [4.78, 5) is 0. The van der Waals surface area contributed by atoms with Gasteiger partial charge in [0.25, 0.3) is 0 Å². The summed E-state index contributed by atoms with van der Waals surface area (Å²) >= 11 is 0. The van der Waals surface area contributed by atoms with E-state index >= 15 is 0 Å². The van der Waals surface area contributed by atoms with Gasteiger partial charge in [-0.05, 0) is 43.4 Å². The number of anilines is 1. The third-order valence-electron chi connectivity index (χ3n) is 4.38. The summed E-state index contributed by atoms with van der Waals surface area (Å²) in [5.74, 6) is 0. The Hall–Kier alpha value is -1.07. The van der Waals surface area contributed by atoms with Crippen LogP contribution in [-0.4, -0.2) is 19.7 Å². The molecule has 21 heavy (non-hydrogen) atoms. The van der Waals surface area contributed by atoms with Crippen molar-refractivity contribution >= 4 is 15.7 Å². The molecule has 2 aliphatic rings. The van der Waals surface area contributed by atoms with Gasteiger partial charge in [0.1, 0.15) is 0 Å². The van der Waals surface area contributed by atoms with Gasteiger partial charge < -0.3 is 5.32 Å². The zero-order valence-electron chi connectivity index (χ0n) is 12.3. The molecule has 0 unspecified atom stereocenters. The zero-order valence-corrected chi connectivity index (χ0v) is 13.2. The van der Waals surface area contributed by atoms with E-state index in [0.717, 1.165) is 38.6 Å². The Bertz CT molecular complexity index is 558. The Morgan fingerprint density at radius 1 is 0.952 bits per heavy atom. The van der Waals surface area contributed by atoms with Crippen LogP contribution in [0.2, 0.25) is 0 Å². The first kappa shape index (κ1) is 14.9. The van der Waals surface area contributed by atoms with Crippen LogP contribution in [-0.2, 0) is 16.6 Å². The second kappa shape index (κ2) is 6.36. The van der Waals surface area contributed by atoms with Crippen molar-refractivity contribution in [3.05, 3.63) is 29.8 Å². The maximum Gasteiger partial charge on any atom is 0.235 e. The molecule has 0 aromatic heterocycles. The molecule has 116 valence electrons. The van der Waals surface area contributed by atoms with Crippen LogP contribution >= 0.6 is 0 Å². The fourth-order valence-electron chi connectivity index (χ4n) is 2.86. The van der Waals surface area contributed by atoms with Gasteiger partial charge in [0, 0.05) is 18.3 Å². The highest BCUT2D eigenvalue weighted by atomic mass is 32.2. The molecule has 2 aliphatic carbocycles. The molecule has 0 aliphatic heterocycles. The largest absolute Gasteiger partial charge is 0.310 e. The monoisotopic (exact) mass is 308 g/mol. The van der Waals surface area contributed by atoms with E-state index in [1.807, 2.05) is 24.3 Å². The Morgan fingerprint density at radius 2 is 1.62 bits per heavy atom. The lowest BCUT2D eigenvalue weighted by atomic mass is 10.0. The van der Waals surface area contributed by atoms with Crippen LogP contribution in [0.25, 0.3) is 0 Å². The fourth-order valence-corrected chi connectivity index (χ4v) is 4.45. The van der Waals surface area contributed by atoms with Gasteiger partial charge in [-0.25, -0.2) is 8.42 Å². The van der Waals surface area contributed by atoms with E-state index in [0.29, 0.717) is 11.7 Å². The minimum Gasteiger partial charge on any atom is -0.310 e. The van der Waals surface area contributed by atoms with Gasteiger partial charge in [0.2, 0.25) is 10.0 Å². The van der Waals surface area contributed by atoms with E-state index < -0.39 is 10.0 Å². The van der Waals surface area contributed by atoms with Gasteiger partial charge in [0.05, 0.1) is 5.25 Å². The second-order valence-electron chi connectivity index (χ2n) is 6.26. The molecule has 0 amide bonds. The van der Waals surface area contributed by atoms with Gasteiger partial charge in [-0.2, -0.15) is 0 Å². The minimum atomic E-state index is -3.23. The lowest BCUT2D eigenvalue weighted by Crippen LogP contribution is -2.29. The predicted molar refractivity (Wildman–Crippen MR) is 85.7 cm³/mol. The molecule has 2 saturated carbocycles. The van der Waals surface area contributed by atoms with Crippen LogP contribution in [0.3, 0.4) is 0 Å². The molecule has 0 radical (unpaired) electrons. The van der Waals surface area contributed by atoms with Crippen molar-refractivity contribution in [1.29, 1.82) is 0 Å². The Morgan fingerprint density at radius 3 is 2.24 bits per heavy atom. The van der Waals surface area contributed by atoms with Crippen molar-refractivity contribution in [2.24, 2.45) is 0 Å². The van der Waals surface area contributed by atoms with Gasteiger partial charge in [0.15, 0.2) is 0 Å². The molecule has 0 atom stereocenters. The first-order chi connectivity index (χ1) is 10.1. The van der Waals surface area contributed by atoms with Crippen molar-refractivity contribution in [2.75, 3.05) is 4.72 Å². The lowest BCUT2D eigenvalue weighted by molar-refractivity contribution is 0.486. The number of hydrogen-bond acceptors (Lipinski definition) is 3. The molecular weight excluding hydrogens is 284 g/mol. The molecule has 0 spiro atoms. The van der Waals surface area contributed by atoms with Gasteiger partial charge in [-0.15, -0.1) is 0 Å². The van der Waals surface area contributed by atoms with Crippen molar-refractivity contribution in [3.8, 4) is 0 Å². The highest BCUT2D eigenvalue weighted by molar-refractivity contribution is 7.93. The number of nitrogens with one attached hydrogen (secondary N) is 2. The summed E-state index contributed by atoms with van der Waals surface area (Å²) in [5, 5.41) is 3.23. The lowest BCUT2D eigenvalue weighted by Gasteiger charge is -2.22. The number of sulfonamides is 1. The summed E-state index contributed by atoms with van der Waals surface area (Å²) in [6.07, 6.45) is 7.35. The van der Waals surface area contributed by atoms with E-state index in [1.165, 1.54) is 18.4 Å². The molecule has 0 saturated heterocycles. The summed E-state index contributed by atoms with van der Waals surface area (Å²) in [6.45, 7) is 0.861. The molecule has 2 fully saturated rings. The number of hydrogen-bond donors (Lipinski definition) is 2. The summed E-state index contributed by atoms with van der Waals surface area (Å²) in [7, 11) is -3.23. The predicted octanol–water partition coefficient (Wildman–Crippen LogP) is 3.01. The van der Waals surface area contributed by atoms with Crippen LogP contribution in [0.15, 0.2) is 24.3 Å². The Balaban J connectivity index is 1.58. The minimum absolute atomic E-state index is 0.220. The maximum absolute atomic E-state index is 12.3. The van der Waals surface area contributed by atoms with Crippen molar-refractivity contribution in [1.82, 2.24) is 5.32 Å². The van der Waals surface area contributed by atoms with E-state index in [1.54, 1.807) is 0 Å². The van der Waals surface area contributed by atoms with E-state index in [9.17, 15) is 8.42 Å². The first-order valence-electron chi connectivity index (χ1n) is 7.97. The molecule has 1 aromatic rings. The van der Waals surface area contributed by atoms with Crippen LogP contribution in [0.5, 0.6) is 0 Å². The molecule has 5 heteroatoms.